The van der Waals surface area contributed by atoms with Crippen LogP contribution in [0.15, 0.2) is 38.2 Å². The molecule has 6 heteroatoms. The van der Waals surface area contributed by atoms with E-state index in [1.807, 2.05) is 18.2 Å². The topological polar surface area (TPSA) is 51.0 Å². The summed E-state index contributed by atoms with van der Waals surface area (Å²) in [5.74, 6) is 2.08. The van der Waals surface area contributed by atoms with Crippen LogP contribution in [0.1, 0.15) is 32.0 Å². The Morgan fingerprint density at radius 3 is 2.95 bits per heavy atom. The van der Waals surface area contributed by atoms with E-state index in [-0.39, 0.29) is 0 Å². The first-order valence-corrected chi connectivity index (χ1v) is 8.39. The predicted molar refractivity (Wildman–Crippen MR) is 84.6 cm³/mol. The Morgan fingerprint density at radius 1 is 1.40 bits per heavy atom. The lowest BCUT2D eigenvalue weighted by molar-refractivity contribution is 0.355. The van der Waals surface area contributed by atoms with Crippen LogP contribution in [0.2, 0.25) is 0 Å². The molecule has 0 bridgehead atoms. The molecule has 2 aromatic rings. The fraction of sp³-hybridized carbons (Fsp3) is 0.429. The number of hydrogen-bond donors (Lipinski definition) is 1. The van der Waals surface area contributed by atoms with E-state index in [4.69, 9.17) is 4.52 Å². The summed E-state index contributed by atoms with van der Waals surface area (Å²) in [5, 5.41) is 7.34. The van der Waals surface area contributed by atoms with Crippen LogP contribution >= 0.6 is 27.7 Å². The number of thioether (sulfide) groups is 1. The van der Waals surface area contributed by atoms with Gasteiger partial charge in [0, 0.05) is 15.4 Å². The van der Waals surface area contributed by atoms with Crippen LogP contribution in [-0.2, 0) is 12.3 Å². The van der Waals surface area contributed by atoms with Crippen molar-refractivity contribution in [3.8, 4) is 0 Å². The summed E-state index contributed by atoms with van der Waals surface area (Å²) < 4.78 is 6.32. The standard InChI is InChI=1S/C14H18BrN3OS/c1-3-10(2)16-8-14-17-13(18-19-14)9-20-12-7-5-4-6-11(12)15/h4-7,10,16H,3,8-9H2,1-2H3. The van der Waals surface area contributed by atoms with Gasteiger partial charge in [-0.05, 0) is 41.4 Å². The van der Waals surface area contributed by atoms with Gasteiger partial charge >= 0.3 is 0 Å². The second kappa shape index (κ2) is 7.81. The van der Waals surface area contributed by atoms with Crippen LogP contribution in [0.3, 0.4) is 0 Å². The SMILES string of the molecule is CCC(C)NCc1nc(CSc2ccccc2Br)no1. The lowest BCUT2D eigenvalue weighted by Gasteiger charge is -2.07. The third kappa shape index (κ3) is 4.61. The molecule has 0 amide bonds. The summed E-state index contributed by atoms with van der Waals surface area (Å²) in [7, 11) is 0. The monoisotopic (exact) mass is 355 g/mol. The van der Waals surface area contributed by atoms with E-state index in [1.54, 1.807) is 11.8 Å². The molecule has 0 aliphatic rings. The van der Waals surface area contributed by atoms with Crippen LogP contribution in [0.25, 0.3) is 0 Å². The molecule has 4 nitrogen and oxygen atoms in total. The molecule has 1 heterocycles. The maximum Gasteiger partial charge on any atom is 0.240 e. The van der Waals surface area contributed by atoms with Crippen LogP contribution in [0, 0.1) is 0 Å². The van der Waals surface area contributed by atoms with Gasteiger partial charge in [0.15, 0.2) is 5.82 Å². The van der Waals surface area contributed by atoms with Gasteiger partial charge in [-0.15, -0.1) is 11.8 Å². The Bertz CT molecular complexity index is 547. The highest BCUT2D eigenvalue weighted by atomic mass is 79.9. The summed E-state index contributed by atoms with van der Waals surface area (Å²) in [6.45, 7) is 4.91. The molecule has 0 saturated heterocycles. The summed E-state index contributed by atoms with van der Waals surface area (Å²) in [4.78, 5) is 5.56. The number of nitrogens with zero attached hydrogens (tertiary/aromatic N) is 2. The van der Waals surface area contributed by atoms with Crippen molar-refractivity contribution in [1.29, 1.82) is 0 Å². The van der Waals surface area contributed by atoms with Crippen LogP contribution in [0.4, 0.5) is 0 Å². The van der Waals surface area contributed by atoms with Crippen LogP contribution < -0.4 is 5.32 Å². The summed E-state index contributed by atoms with van der Waals surface area (Å²) in [5.41, 5.74) is 0. The molecule has 0 radical (unpaired) electrons. The molecular formula is C14H18BrN3OS. The number of halogens is 1. The third-order valence-corrected chi connectivity index (χ3v) is 4.94. The largest absolute Gasteiger partial charge is 0.338 e. The normalized spacial score (nSPS) is 12.6. The van der Waals surface area contributed by atoms with Gasteiger partial charge in [0.25, 0.3) is 0 Å². The molecule has 0 saturated carbocycles. The number of rotatable bonds is 7. The van der Waals surface area contributed by atoms with Gasteiger partial charge in [-0.3, -0.25) is 0 Å². The first kappa shape index (κ1) is 15.5. The van der Waals surface area contributed by atoms with Gasteiger partial charge in [-0.25, -0.2) is 0 Å². The number of nitrogens with one attached hydrogen (secondary N) is 1. The minimum absolute atomic E-state index is 0.458. The Morgan fingerprint density at radius 2 is 2.20 bits per heavy atom. The van der Waals surface area contributed by atoms with Gasteiger partial charge < -0.3 is 9.84 Å². The first-order chi connectivity index (χ1) is 9.69. The van der Waals surface area contributed by atoms with E-state index < -0.39 is 0 Å². The molecule has 1 N–H and O–H groups in total. The van der Waals surface area contributed by atoms with Crippen molar-refractivity contribution in [3.63, 3.8) is 0 Å². The van der Waals surface area contributed by atoms with E-state index in [2.05, 4.69) is 51.3 Å². The third-order valence-electron chi connectivity index (χ3n) is 2.92. The van der Waals surface area contributed by atoms with Crippen molar-refractivity contribution in [1.82, 2.24) is 15.5 Å². The summed E-state index contributed by atoms with van der Waals surface area (Å²) >= 11 is 5.22. The predicted octanol–water partition coefficient (Wildman–Crippen LogP) is 4.01. The number of aromatic nitrogens is 2. The van der Waals surface area contributed by atoms with Crippen molar-refractivity contribution >= 4 is 27.7 Å². The minimum Gasteiger partial charge on any atom is -0.338 e. The quantitative estimate of drug-likeness (QED) is 0.760. The van der Waals surface area contributed by atoms with Crippen molar-refractivity contribution in [3.05, 3.63) is 40.5 Å². The average molecular weight is 356 g/mol. The molecule has 0 aliphatic carbocycles. The van der Waals surface area contributed by atoms with Crippen molar-refractivity contribution in [2.45, 2.75) is 43.5 Å². The van der Waals surface area contributed by atoms with Gasteiger partial charge in [0.2, 0.25) is 5.89 Å². The average Bonchev–Trinajstić information content (AvgIpc) is 2.92. The van der Waals surface area contributed by atoms with Crippen LogP contribution in [0.5, 0.6) is 0 Å². The molecule has 2 rings (SSSR count). The van der Waals surface area contributed by atoms with Gasteiger partial charge in [-0.1, -0.05) is 24.2 Å². The van der Waals surface area contributed by atoms with E-state index in [9.17, 15) is 0 Å². The van der Waals surface area contributed by atoms with Crippen molar-refractivity contribution < 1.29 is 4.52 Å². The molecule has 0 spiro atoms. The van der Waals surface area contributed by atoms with E-state index in [0.717, 1.165) is 16.7 Å². The summed E-state index contributed by atoms with van der Waals surface area (Å²) in [6, 6.07) is 8.58. The second-order valence-electron chi connectivity index (χ2n) is 4.51. The molecule has 0 fully saturated rings. The maximum absolute atomic E-state index is 5.23. The Kier molecular flexibility index (Phi) is 6.06. The highest BCUT2D eigenvalue weighted by Gasteiger charge is 2.08. The zero-order valence-electron chi connectivity index (χ0n) is 11.6. The smallest absolute Gasteiger partial charge is 0.240 e. The van der Waals surface area contributed by atoms with Crippen molar-refractivity contribution in [2.75, 3.05) is 0 Å². The van der Waals surface area contributed by atoms with Crippen molar-refractivity contribution in [2.24, 2.45) is 0 Å². The fourth-order valence-electron chi connectivity index (χ4n) is 1.53. The highest BCUT2D eigenvalue weighted by Crippen LogP contribution is 2.28. The molecule has 20 heavy (non-hydrogen) atoms. The highest BCUT2D eigenvalue weighted by molar-refractivity contribution is 9.10. The maximum atomic E-state index is 5.23. The zero-order valence-corrected chi connectivity index (χ0v) is 14.0. The minimum atomic E-state index is 0.458. The van der Waals surface area contributed by atoms with E-state index >= 15 is 0 Å². The molecule has 1 atom stereocenters. The Labute approximate surface area is 131 Å². The zero-order chi connectivity index (χ0) is 14.4. The van der Waals surface area contributed by atoms with E-state index in [1.165, 1.54) is 4.90 Å². The molecular weight excluding hydrogens is 338 g/mol. The Hall–Kier alpha value is -0.850. The molecule has 1 aromatic carbocycles. The Balaban J connectivity index is 1.85. The fourth-order valence-corrected chi connectivity index (χ4v) is 2.94. The first-order valence-electron chi connectivity index (χ1n) is 6.61. The van der Waals surface area contributed by atoms with Gasteiger partial charge in [-0.2, -0.15) is 4.98 Å². The lowest BCUT2D eigenvalue weighted by Crippen LogP contribution is -2.24. The number of benzene rings is 1. The molecule has 1 unspecified atom stereocenters. The summed E-state index contributed by atoms with van der Waals surface area (Å²) in [6.07, 6.45) is 1.08. The molecule has 1 aromatic heterocycles. The van der Waals surface area contributed by atoms with Gasteiger partial charge in [0.05, 0.1) is 12.3 Å². The lowest BCUT2D eigenvalue weighted by atomic mass is 10.3. The van der Waals surface area contributed by atoms with Crippen LogP contribution in [-0.4, -0.2) is 16.2 Å². The second-order valence-corrected chi connectivity index (χ2v) is 6.39. The molecule has 108 valence electrons. The van der Waals surface area contributed by atoms with E-state index in [0.29, 0.717) is 24.2 Å². The van der Waals surface area contributed by atoms with Gasteiger partial charge in [0.1, 0.15) is 0 Å². The molecule has 0 aliphatic heterocycles. The number of hydrogen-bond acceptors (Lipinski definition) is 5.